The molecule has 8 nitrogen and oxygen atoms in total. The highest BCUT2D eigenvalue weighted by Crippen LogP contribution is 2.38. The van der Waals surface area contributed by atoms with Crippen molar-refractivity contribution < 1.29 is 23.8 Å². The number of aromatic nitrogens is 1. The van der Waals surface area contributed by atoms with Crippen LogP contribution in [-0.2, 0) is 11.8 Å². The van der Waals surface area contributed by atoms with Crippen molar-refractivity contribution in [1.29, 1.82) is 0 Å². The molecule has 0 saturated carbocycles. The molecule has 4 rings (SSSR count). The van der Waals surface area contributed by atoms with E-state index in [2.05, 4.69) is 5.32 Å². The van der Waals surface area contributed by atoms with E-state index in [9.17, 15) is 9.59 Å². The molecule has 3 aromatic rings. The molecule has 0 aliphatic carbocycles. The van der Waals surface area contributed by atoms with Gasteiger partial charge in [0.25, 0.3) is 11.8 Å². The topological polar surface area (TPSA) is 82.0 Å². The highest BCUT2D eigenvalue weighted by Gasteiger charge is 2.24. The van der Waals surface area contributed by atoms with Crippen molar-refractivity contribution in [2.75, 3.05) is 34.4 Å². The largest absolute Gasteiger partial charge is 0.493 e. The van der Waals surface area contributed by atoms with Crippen LogP contribution in [0.5, 0.6) is 17.2 Å². The van der Waals surface area contributed by atoms with Crippen molar-refractivity contribution in [3.8, 4) is 17.2 Å². The van der Waals surface area contributed by atoms with Gasteiger partial charge >= 0.3 is 0 Å². The Morgan fingerprint density at radius 3 is 2.17 bits per heavy atom. The van der Waals surface area contributed by atoms with Gasteiger partial charge in [-0.25, -0.2) is 0 Å². The van der Waals surface area contributed by atoms with Gasteiger partial charge in [0.1, 0.15) is 5.70 Å². The van der Waals surface area contributed by atoms with Crippen LogP contribution in [0.4, 0.5) is 0 Å². The van der Waals surface area contributed by atoms with Crippen molar-refractivity contribution in [3.63, 3.8) is 0 Å². The zero-order chi connectivity index (χ0) is 25.7. The van der Waals surface area contributed by atoms with Gasteiger partial charge in [-0.1, -0.05) is 31.0 Å². The lowest BCUT2D eigenvalue weighted by Crippen LogP contribution is -2.39. The summed E-state index contributed by atoms with van der Waals surface area (Å²) >= 11 is 0. The number of benzene rings is 2. The summed E-state index contributed by atoms with van der Waals surface area (Å²) in [6.07, 6.45) is 7.84. The molecule has 0 radical (unpaired) electrons. The van der Waals surface area contributed by atoms with E-state index in [4.69, 9.17) is 14.2 Å². The molecule has 1 fully saturated rings. The number of carbonyl (C=O) groups is 2. The normalized spacial score (nSPS) is 14.3. The first-order valence-corrected chi connectivity index (χ1v) is 12.1. The number of carbonyl (C=O) groups excluding carboxylic acids is 2. The smallest absolute Gasteiger partial charge is 0.270 e. The fourth-order valence-corrected chi connectivity index (χ4v) is 4.65. The molecule has 1 aromatic heterocycles. The van der Waals surface area contributed by atoms with E-state index in [1.54, 1.807) is 18.2 Å². The minimum atomic E-state index is -0.441. The number of likely N-dealkylation sites (tertiary alicyclic amines) is 1. The zero-order valence-electron chi connectivity index (χ0n) is 21.3. The number of aryl methyl sites for hydroxylation is 1. The van der Waals surface area contributed by atoms with E-state index in [1.165, 1.54) is 21.3 Å². The van der Waals surface area contributed by atoms with Crippen molar-refractivity contribution in [1.82, 2.24) is 14.8 Å². The zero-order valence-corrected chi connectivity index (χ0v) is 21.3. The minimum Gasteiger partial charge on any atom is -0.493 e. The number of hydrogen-bond donors (Lipinski definition) is 1. The van der Waals surface area contributed by atoms with Crippen molar-refractivity contribution >= 4 is 28.8 Å². The van der Waals surface area contributed by atoms with E-state index in [1.807, 2.05) is 47.0 Å². The maximum Gasteiger partial charge on any atom is 0.270 e. The Morgan fingerprint density at radius 1 is 0.917 bits per heavy atom. The Balaban J connectivity index is 1.74. The quantitative estimate of drug-likeness (QED) is 0.496. The molecule has 1 aliphatic rings. The highest BCUT2D eigenvalue weighted by atomic mass is 16.5. The molecular weight excluding hydrogens is 458 g/mol. The first kappa shape index (κ1) is 25.2. The maximum atomic E-state index is 13.7. The summed E-state index contributed by atoms with van der Waals surface area (Å²) in [4.78, 5) is 28.9. The van der Waals surface area contributed by atoms with Gasteiger partial charge in [0.2, 0.25) is 5.75 Å². The number of rotatable bonds is 7. The molecule has 0 atom stereocenters. The Labute approximate surface area is 211 Å². The van der Waals surface area contributed by atoms with Crippen molar-refractivity contribution in [2.45, 2.75) is 25.7 Å². The number of para-hydroxylation sites is 1. The van der Waals surface area contributed by atoms with Crippen LogP contribution in [0.1, 0.15) is 41.6 Å². The van der Waals surface area contributed by atoms with Crippen LogP contribution in [0.25, 0.3) is 17.0 Å². The first-order valence-electron chi connectivity index (χ1n) is 12.1. The van der Waals surface area contributed by atoms with Crippen LogP contribution in [0.2, 0.25) is 0 Å². The SMILES string of the molecule is COc1cc(C(=O)N/C(=C\c2cn(C)c3ccccc23)C(=O)N2CCCCCC2)cc(OC)c1OC. The number of hydrogen-bond acceptors (Lipinski definition) is 5. The van der Waals surface area contributed by atoms with Crippen LogP contribution < -0.4 is 19.5 Å². The molecule has 0 bridgehead atoms. The molecule has 2 heterocycles. The standard InChI is InChI=1S/C28H33N3O5/c1-30-18-20(21-11-7-8-12-23(21)30)15-22(28(33)31-13-9-5-6-10-14-31)29-27(32)19-16-24(34-2)26(36-4)25(17-19)35-3/h7-8,11-12,15-18H,5-6,9-10,13-14H2,1-4H3,(H,29,32)/b22-15-. The second-order valence-electron chi connectivity index (χ2n) is 8.85. The third kappa shape index (κ3) is 5.17. The number of methoxy groups -OCH3 is 3. The summed E-state index contributed by atoms with van der Waals surface area (Å²) < 4.78 is 18.2. The monoisotopic (exact) mass is 491 g/mol. The number of ether oxygens (including phenoxy) is 3. The van der Waals surface area contributed by atoms with Gasteiger partial charge in [0, 0.05) is 48.4 Å². The lowest BCUT2D eigenvalue weighted by Gasteiger charge is -2.22. The third-order valence-electron chi connectivity index (χ3n) is 6.53. The van der Waals surface area contributed by atoms with Crippen LogP contribution in [0, 0.1) is 0 Å². The minimum absolute atomic E-state index is 0.189. The van der Waals surface area contributed by atoms with Crippen LogP contribution in [0.15, 0.2) is 48.3 Å². The lowest BCUT2D eigenvalue weighted by atomic mass is 10.1. The number of amides is 2. The maximum absolute atomic E-state index is 13.7. The summed E-state index contributed by atoms with van der Waals surface area (Å²) in [5.74, 6) is 0.485. The summed E-state index contributed by atoms with van der Waals surface area (Å²) in [6, 6.07) is 11.1. The van der Waals surface area contributed by atoms with Gasteiger partial charge in [-0.2, -0.15) is 0 Å². The average Bonchev–Trinajstić information content (AvgIpc) is 3.06. The van der Waals surface area contributed by atoms with E-state index in [0.29, 0.717) is 30.3 Å². The fraction of sp³-hybridized carbons (Fsp3) is 0.357. The average molecular weight is 492 g/mol. The lowest BCUT2D eigenvalue weighted by molar-refractivity contribution is -0.127. The van der Waals surface area contributed by atoms with Gasteiger partial charge in [-0.15, -0.1) is 0 Å². The van der Waals surface area contributed by atoms with Gasteiger partial charge in [-0.05, 0) is 37.1 Å². The summed E-state index contributed by atoms with van der Waals surface area (Å²) in [7, 11) is 6.46. The third-order valence-corrected chi connectivity index (χ3v) is 6.53. The molecule has 2 aromatic carbocycles. The van der Waals surface area contributed by atoms with E-state index >= 15 is 0 Å². The molecule has 8 heteroatoms. The summed E-state index contributed by atoms with van der Waals surface area (Å²) in [5.41, 5.74) is 2.42. The molecule has 0 spiro atoms. The first-order chi connectivity index (χ1) is 17.5. The molecule has 1 N–H and O–H groups in total. The molecule has 36 heavy (non-hydrogen) atoms. The van der Waals surface area contributed by atoms with Crippen LogP contribution in [0.3, 0.4) is 0 Å². The van der Waals surface area contributed by atoms with E-state index in [0.717, 1.165) is 42.1 Å². The Hall–Kier alpha value is -3.94. The van der Waals surface area contributed by atoms with Crippen molar-refractivity contribution in [3.05, 3.63) is 59.4 Å². The van der Waals surface area contributed by atoms with E-state index < -0.39 is 5.91 Å². The van der Waals surface area contributed by atoms with Gasteiger partial charge in [0.15, 0.2) is 11.5 Å². The predicted octanol–water partition coefficient (Wildman–Crippen LogP) is 4.38. The molecule has 190 valence electrons. The van der Waals surface area contributed by atoms with Gasteiger partial charge in [-0.3, -0.25) is 9.59 Å². The second-order valence-corrected chi connectivity index (χ2v) is 8.85. The predicted molar refractivity (Wildman–Crippen MR) is 140 cm³/mol. The molecule has 0 unspecified atom stereocenters. The number of nitrogens with zero attached hydrogens (tertiary/aromatic N) is 2. The number of fused-ring (bicyclic) bond motifs is 1. The highest BCUT2D eigenvalue weighted by molar-refractivity contribution is 6.07. The molecule has 1 saturated heterocycles. The number of nitrogens with one attached hydrogen (secondary N) is 1. The van der Waals surface area contributed by atoms with Crippen molar-refractivity contribution in [2.24, 2.45) is 7.05 Å². The molecule has 1 aliphatic heterocycles. The van der Waals surface area contributed by atoms with Crippen LogP contribution in [-0.4, -0.2) is 55.7 Å². The van der Waals surface area contributed by atoms with Gasteiger partial charge < -0.3 is 29.0 Å². The second kappa shape index (κ2) is 11.2. The van der Waals surface area contributed by atoms with Crippen LogP contribution >= 0.6 is 0 Å². The van der Waals surface area contributed by atoms with Gasteiger partial charge in [0.05, 0.1) is 21.3 Å². The molecule has 2 amide bonds. The molecular formula is C28H33N3O5. The summed E-state index contributed by atoms with van der Waals surface area (Å²) in [5, 5.41) is 3.89. The Bertz CT molecular complexity index is 1260. The van der Waals surface area contributed by atoms with E-state index in [-0.39, 0.29) is 17.2 Å². The Morgan fingerprint density at radius 2 is 1.56 bits per heavy atom. The summed E-state index contributed by atoms with van der Waals surface area (Å²) in [6.45, 7) is 1.34. The Kier molecular flexibility index (Phi) is 7.83. The fourth-order valence-electron chi connectivity index (χ4n) is 4.65.